The van der Waals surface area contributed by atoms with E-state index in [-0.39, 0.29) is 23.4 Å². The number of hydrogen-bond acceptors (Lipinski definition) is 4. The van der Waals surface area contributed by atoms with E-state index in [1.807, 2.05) is 0 Å². The van der Waals surface area contributed by atoms with Crippen molar-refractivity contribution in [1.29, 1.82) is 0 Å². The molecule has 1 aliphatic heterocycles. The Kier molecular flexibility index (Phi) is 2.71. The Hall–Kier alpha value is -1.36. The summed E-state index contributed by atoms with van der Waals surface area (Å²) in [5.74, 6) is 0.647. The number of carbonyl (C=O) groups excluding carboxylic acids is 1. The van der Waals surface area contributed by atoms with Crippen LogP contribution in [0.25, 0.3) is 0 Å². The molecule has 0 N–H and O–H groups in total. The highest BCUT2D eigenvalue weighted by Gasteiger charge is 2.35. The fourth-order valence-corrected chi connectivity index (χ4v) is 2.74. The SMILES string of the molecule is CC(=O)c1cccc(OC2CS(=O)(=O)C2)c1. The van der Waals surface area contributed by atoms with Gasteiger partial charge in [0.2, 0.25) is 0 Å². The van der Waals surface area contributed by atoms with E-state index in [1.165, 1.54) is 6.92 Å². The van der Waals surface area contributed by atoms with Crippen molar-refractivity contribution in [3.63, 3.8) is 0 Å². The van der Waals surface area contributed by atoms with Crippen molar-refractivity contribution in [2.45, 2.75) is 13.0 Å². The first kappa shape index (κ1) is 11.1. The quantitative estimate of drug-likeness (QED) is 0.741. The van der Waals surface area contributed by atoms with Gasteiger partial charge in [0.1, 0.15) is 11.9 Å². The first-order valence-corrected chi connectivity index (χ1v) is 6.76. The minimum Gasteiger partial charge on any atom is -0.488 e. The standard InChI is InChI=1S/C11H12O4S/c1-8(12)9-3-2-4-10(5-9)15-11-6-16(13,14)7-11/h2-5,11H,6-7H2,1H3. The minimum absolute atomic E-state index is 0.0355. The summed E-state index contributed by atoms with van der Waals surface area (Å²) in [6.07, 6.45) is -0.271. The van der Waals surface area contributed by atoms with Gasteiger partial charge in [-0.3, -0.25) is 4.79 Å². The van der Waals surface area contributed by atoms with Gasteiger partial charge in [0.05, 0.1) is 11.5 Å². The third-order valence-electron chi connectivity index (χ3n) is 2.42. The number of Topliss-reactive ketones (excluding diaryl/α,β-unsaturated/α-hetero) is 1. The van der Waals surface area contributed by atoms with Crippen LogP contribution in [0.5, 0.6) is 5.75 Å². The number of benzene rings is 1. The van der Waals surface area contributed by atoms with Gasteiger partial charge in [0.15, 0.2) is 15.6 Å². The number of ketones is 1. The lowest BCUT2D eigenvalue weighted by Gasteiger charge is -2.26. The summed E-state index contributed by atoms with van der Waals surface area (Å²) in [5.41, 5.74) is 0.569. The van der Waals surface area contributed by atoms with Crippen LogP contribution in [0, 0.1) is 0 Å². The van der Waals surface area contributed by atoms with Crippen molar-refractivity contribution in [2.24, 2.45) is 0 Å². The van der Waals surface area contributed by atoms with Gasteiger partial charge in [0.25, 0.3) is 0 Å². The lowest BCUT2D eigenvalue weighted by atomic mass is 10.1. The topological polar surface area (TPSA) is 60.4 Å². The fourth-order valence-electron chi connectivity index (χ4n) is 1.57. The molecule has 0 radical (unpaired) electrons. The molecular formula is C11H12O4S. The molecule has 16 heavy (non-hydrogen) atoms. The molecule has 1 saturated heterocycles. The van der Waals surface area contributed by atoms with Crippen molar-refractivity contribution in [3.05, 3.63) is 29.8 Å². The van der Waals surface area contributed by atoms with Crippen LogP contribution in [-0.4, -0.2) is 31.8 Å². The average Bonchev–Trinajstić information content (AvgIpc) is 2.15. The third-order valence-corrected chi connectivity index (χ3v) is 4.18. The lowest BCUT2D eigenvalue weighted by Crippen LogP contribution is -2.45. The number of ether oxygens (including phenoxy) is 1. The Balaban J connectivity index is 2.05. The number of carbonyl (C=O) groups is 1. The Morgan fingerprint density at radius 3 is 2.62 bits per heavy atom. The molecule has 1 aromatic rings. The summed E-state index contributed by atoms with van der Waals surface area (Å²) in [6.45, 7) is 1.48. The molecule has 1 aromatic carbocycles. The first-order valence-electron chi connectivity index (χ1n) is 4.94. The highest BCUT2D eigenvalue weighted by atomic mass is 32.2. The molecule has 0 aromatic heterocycles. The summed E-state index contributed by atoms with van der Waals surface area (Å²) in [7, 11) is -2.87. The van der Waals surface area contributed by atoms with E-state index in [2.05, 4.69) is 0 Å². The van der Waals surface area contributed by atoms with Crippen LogP contribution in [0.2, 0.25) is 0 Å². The molecule has 86 valence electrons. The summed E-state index contributed by atoms with van der Waals surface area (Å²) in [4.78, 5) is 11.1. The molecule has 0 bridgehead atoms. The summed E-state index contributed by atoms with van der Waals surface area (Å²) >= 11 is 0. The molecule has 0 saturated carbocycles. The molecular weight excluding hydrogens is 228 g/mol. The van der Waals surface area contributed by atoms with Crippen molar-refractivity contribution in [1.82, 2.24) is 0 Å². The molecule has 0 amide bonds. The highest BCUT2D eigenvalue weighted by Crippen LogP contribution is 2.20. The molecule has 2 rings (SSSR count). The van der Waals surface area contributed by atoms with E-state index in [0.29, 0.717) is 11.3 Å². The molecule has 0 atom stereocenters. The Bertz CT molecular complexity index is 507. The van der Waals surface area contributed by atoms with E-state index in [9.17, 15) is 13.2 Å². The second-order valence-corrected chi connectivity index (χ2v) is 6.05. The van der Waals surface area contributed by atoms with Gasteiger partial charge in [-0.15, -0.1) is 0 Å². The third kappa shape index (κ3) is 2.41. The molecule has 1 heterocycles. The zero-order valence-electron chi connectivity index (χ0n) is 8.84. The molecule has 5 heteroatoms. The smallest absolute Gasteiger partial charge is 0.159 e. The van der Waals surface area contributed by atoms with Crippen LogP contribution in [0.4, 0.5) is 0 Å². The second-order valence-electron chi connectivity index (χ2n) is 3.90. The van der Waals surface area contributed by atoms with Crippen LogP contribution >= 0.6 is 0 Å². The highest BCUT2D eigenvalue weighted by molar-refractivity contribution is 7.92. The van der Waals surface area contributed by atoms with E-state index < -0.39 is 9.84 Å². The van der Waals surface area contributed by atoms with E-state index in [1.54, 1.807) is 24.3 Å². The Labute approximate surface area is 94.2 Å². The van der Waals surface area contributed by atoms with E-state index in [4.69, 9.17) is 4.74 Å². The van der Waals surface area contributed by atoms with Crippen LogP contribution in [-0.2, 0) is 9.84 Å². The summed E-state index contributed by atoms with van der Waals surface area (Å²) < 4.78 is 27.3. The number of hydrogen-bond donors (Lipinski definition) is 0. The zero-order valence-corrected chi connectivity index (χ0v) is 9.66. The monoisotopic (exact) mass is 240 g/mol. The maximum Gasteiger partial charge on any atom is 0.159 e. The molecule has 1 fully saturated rings. The number of sulfone groups is 1. The average molecular weight is 240 g/mol. The van der Waals surface area contributed by atoms with Gasteiger partial charge >= 0.3 is 0 Å². The van der Waals surface area contributed by atoms with E-state index >= 15 is 0 Å². The van der Waals surface area contributed by atoms with Gasteiger partial charge in [-0.25, -0.2) is 8.42 Å². The van der Waals surface area contributed by atoms with Gasteiger partial charge in [-0.2, -0.15) is 0 Å². The molecule has 0 aliphatic carbocycles. The Morgan fingerprint density at radius 2 is 2.06 bits per heavy atom. The normalized spacial score (nSPS) is 18.8. The van der Waals surface area contributed by atoms with Crippen molar-refractivity contribution in [3.8, 4) is 5.75 Å². The summed E-state index contributed by atoms with van der Waals surface area (Å²) in [6, 6.07) is 6.77. The molecule has 4 nitrogen and oxygen atoms in total. The maximum absolute atomic E-state index is 11.1. The lowest BCUT2D eigenvalue weighted by molar-refractivity contribution is 0.101. The minimum atomic E-state index is -2.87. The van der Waals surface area contributed by atoms with Crippen molar-refractivity contribution in [2.75, 3.05) is 11.5 Å². The molecule has 0 unspecified atom stereocenters. The van der Waals surface area contributed by atoms with Gasteiger partial charge in [-0.05, 0) is 19.1 Å². The molecule has 1 aliphatic rings. The van der Waals surface area contributed by atoms with Crippen molar-refractivity contribution >= 4 is 15.6 Å². The van der Waals surface area contributed by atoms with Crippen molar-refractivity contribution < 1.29 is 17.9 Å². The first-order chi connectivity index (χ1) is 7.46. The largest absolute Gasteiger partial charge is 0.488 e. The fraction of sp³-hybridized carbons (Fsp3) is 0.364. The van der Waals surface area contributed by atoms with Crippen LogP contribution in [0.1, 0.15) is 17.3 Å². The zero-order chi connectivity index (χ0) is 11.8. The van der Waals surface area contributed by atoms with Gasteiger partial charge in [-0.1, -0.05) is 12.1 Å². The van der Waals surface area contributed by atoms with Gasteiger partial charge < -0.3 is 4.74 Å². The Morgan fingerprint density at radius 1 is 1.38 bits per heavy atom. The van der Waals surface area contributed by atoms with E-state index in [0.717, 1.165) is 0 Å². The predicted molar refractivity (Wildman–Crippen MR) is 59.5 cm³/mol. The predicted octanol–water partition coefficient (Wildman–Crippen LogP) is 1.06. The van der Waals surface area contributed by atoms with Gasteiger partial charge in [0, 0.05) is 5.56 Å². The van der Waals surface area contributed by atoms with Crippen LogP contribution in [0.15, 0.2) is 24.3 Å². The van der Waals surface area contributed by atoms with Crippen LogP contribution < -0.4 is 4.74 Å². The second kappa shape index (κ2) is 3.90. The maximum atomic E-state index is 11.1. The summed E-state index contributed by atoms with van der Waals surface area (Å²) in [5, 5.41) is 0. The molecule has 0 spiro atoms. The van der Waals surface area contributed by atoms with Crippen LogP contribution in [0.3, 0.4) is 0 Å². The number of rotatable bonds is 3.